The summed E-state index contributed by atoms with van der Waals surface area (Å²) in [6.45, 7) is 10.2. The lowest BCUT2D eigenvalue weighted by Crippen LogP contribution is -2.41. The highest BCUT2D eigenvalue weighted by Crippen LogP contribution is 2.37. The molecule has 106 valence electrons. The maximum absolute atomic E-state index is 6.07. The summed E-state index contributed by atoms with van der Waals surface area (Å²) in [6, 6.07) is 6.14. The Balaban J connectivity index is 1.90. The number of rotatable bonds is 1. The highest BCUT2D eigenvalue weighted by Gasteiger charge is 2.51. The Morgan fingerprint density at radius 3 is 2.45 bits per heavy atom. The molecule has 1 N–H and O–H groups in total. The van der Waals surface area contributed by atoms with Crippen molar-refractivity contribution in [2.45, 2.75) is 50.7 Å². The quantitative estimate of drug-likeness (QED) is 0.638. The first-order chi connectivity index (χ1) is 9.28. The van der Waals surface area contributed by atoms with Gasteiger partial charge in [-0.25, -0.2) is 4.99 Å². The largest absolute Gasteiger partial charge is 0.494 e. The fourth-order valence-corrected chi connectivity index (χ4v) is 2.88. The molecule has 0 atom stereocenters. The molecule has 2 heterocycles. The third-order valence-electron chi connectivity index (χ3n) is 4.11. The molecule has 1 fully saturated rings. The van der Waals surface area contributed by atoms with E-state index in [2.05, 4.69) is 43.5 Å². The summed E-state index contributed by atoms with van der Waals surface area (Å²) < 4.78 is 15.3. The summed E-state index contributed by atoms with van der Waals surface area (Å²) in [5, 5.41) is 0. The molecule has 0 bridgehead atoms. The molecule has 1 saturated heterocycles. The van der Waals surface area contributed by atoms with Gasteiger partial charge in [0.15, 0.2) is 0 Å². The number of nitrogens with one attached hydrogen (secondary N) is 1. The zero-order chi connectivity index (χ0) is 14.5. The van der Waals surface area contributed by atoms with E-state index in [1.807, 2.05) is 19.1 Å². The van der Waals surface area contributed by atoms with Crippen molar-refractivity contribution in [3.05, 3.63) is 18.2 Å². The van der Waals surface area contributed by atoms with Gasteiger partial charge < -0.3 is 14.0 Å². The van der Waals surface area contributed by atoms with Gasteiger partial charge in [0.1, 0.15) is 5.84 Å². The van der Waals surface area contributed by atoms with Crippen LogP contribution in [0.3, 0.4) is 0 Å². The number of hydrogen-bond acceptors (Lipinski definition) is 5. The number of nitrogens with zero attached hydrogens (tertiary/aromatic N) is 1. The van der Waals surface area contributed by atoms with E-state index < -0.39 is 0 Å². The van der Waals surface area contributed by atoms with E-state index in [0.29, 0.717) is 0 Å². The summed E-state index contributed by atoms with van der Waals surface area (Å²) in [6.07, 6.45) is 0. The molecule has 2 aliphatic heterocycles. The maximum Gasteiger partial charge on any atom is 0.494 e. The van der Waals surface area contributed by atoms with Crippen LogP contribution in [-0.2, 0) is 9.31 Å². The fraction of sp³-hybridized carbons (Fsp3) is 0.500. The van der Waals surface area contributed by atoms with Crippen LogP contribution in [0.25, 0.3) is 0 Å². The van der Waals surface area contributed by atoms with Crippen LogP contribution < -0.4 is 10.2 Å². The summed E-state index contributed by atoms with van der Waals surface area (Å²) in [4.78, 5) is 5.57. The Labute approximate surface area is 124 Å². The lowest BCUT2D eigenvalue weighted by atomic mass is 9.79. The Morgan fingerprint density at radius 1 is 1.15 bits per heavy atom. The zero-order valence-electron chi connectivity index (χ0n) is 12.5. The van der Waals surface area contributed by atoms with Crippen LogP contribution in [0.2, 0.25) is 0 Å². The number of amidine groups is 1. The molecule has 0 saturated carbocycles. The van der Waals surface area contributed by atoms with E-state index in [0.717, 1.165) is 21.9 Å². The van der Waals surface area contributed by atoms with Crippen molar-refractivity contribution in [2.75, 3.05) is 0 Å². The van der Waals surface area contributed by atoms with Crippen LogP contribution in [0, 0.1) is 0 Å². The Hall–Kier alpha value is -0.975. The highest BCUT2D eigenvalue weighted by molar-refractivity contribution is 7.98. The van der Waals surface area contributed by atoms with E-state index in [1.54, 1.807) is 11.9 Å². The van der Waals surface area contributed by atoms with Crippen molar-refractivity contribution in [2.24, 2.45) is 4.99 Å². The number of benzene rings is 1. The molecule has 1 aromatic rings. The first kappa shape index (κ1) is 14.0. The lowest BCUT2D eigenvalue weighted by molar-refractivity contribution is 0.00578. The van der Waals surface area contributed by atoms with Crippen LogP contribution in [0.5, 0.6) is 0 Å². The van der Waals surface area contributed by atoms with Gasteiger partial charge in [-0.15, -0.1) is 0 Å². The second-order valence-electron chi connectivity index (χ2n) is 6.22. The smallest absolute Gasteiger partial charge is 0.399 e. The van der Waals surface area contributed by atoms with Crippen LogP contribution >= 0.6 is 11.9 Å². The standard InChI is InChI=1S/C14H19BN2O2S/c1-9-16-11-7-6-10(8-12(11)20-17-9)15-18-13(2,3)14(4,5)19-15/h6-8H,1-5H3,(H,16,17). The molecule has 0 amide bonds. The second kappa shape index (κ2) is 4.51. The van der Waals surface area contributed by atoms with Gasteiger partial charge in [-0.3, -0.25) is 0 Å². The van der Waals surface area contributed by atoms with Gasteiger partial charge in [-0.1, -0.05) is 6.07 Å². The van der Waals surface area contributed by atoms with Gasteiger partial charge in [0, 0.05) is 0 Å². The molecule has 0 radical (unpaired) electrons. The Morgan fingerprint density at radius 2 is 1.80 bits per heavy atom. The van der Waals surface area contributed by atoms with Crippen molar-refractivity contribution in [3.8, 4) is 0 Å². The minimum Gasteiger partial charge on any atom is -0.399 e. The van der Waals surface area contributed by atoms with E-state index >= 15 is 0 Å². The predicted molar refractivity (Wildman–Crippen MR) is 83.9 cm³/mol. The van der Waals surface area contributed by atoms with Gasteiger partial charge in [0.25, 0.3) is 0 Å². The van der Waals surface area contributed by atoms with Gasteiger partial charge in [0.05, 0.1) is 21.8 Å². The first-order valence-corrected chi connectivity index (χ1v) is 7.58. The molecule has 0 unspecified atom stereocenters. The van der Waals surface area contributed by atoms with E-state index in [4.69, 9.17) is 9.31 Å². The number of fused-ring (bicyclic) bond motifs is 1. The summed E-state index contributed by atoms with van der Waals surface area (Å²) in [5.74, 6) is 0.922. The molecular weight excluding hydrogens is 271 g/mol. The van der Waals surface area contributed by atoms with Gasteiger partial charge in [-0.05, 0) is 64.2 Å². The monoisotopic (exact) mass is 290 g/mol. The summed E-state index contributed by atoms with van der Waals surface area (Å²) in [5.41, 5.74) is 1.40. The SMILES string of the molecule is CC1=Nc2ccc(B3OC(C)(C)C(C)(C)O3)cc2SN1. The zero-order valence-corrected chi connectivity index (χ0v) is 13.3. The fourth-order valence-electron chi connectivity index (χ4n) is 2.16. The van der Waals surface area contributed by atoms with E-state index in [9.17, 15) is 0 Å². The molecule has 4 nitrogen and oxygen atoms in total. The molecule has 0 spiro atoms. The molecule has 0 aromatic heterocycles. The average Bonchev–Trinajstić information content (AvgIpc) is 2.58. The van der Waals surface area contributed by atoms with Crippen molar-refractivity contribution >= 4 is 36.1 Å². The summed E-state index contributed by atoms with van der Waals surface area (Å²) >= 11 is 1.58. The van der Waals surface area contributed by atoms with Crippen molar-refractivity contribution < 1.29 is 9.31 Å². The Kier molecular flexibility index (Phi) is 3.16. The van der Waals surface area contributed by atoms with Crippen molar-refractivity contribution in [1.29, 1.82) is 0 Å². The minimum absolute atomic E-state index is 0.312. The van der Waals surface area contributed by atoms with Gasteiger partial charge in [0.2, 0.25) is 0 Å². The van der Waals surface area contributed by atoms with Crippen molar-refractivity contribution in [3.63, 3.8) is 0 Å². The molecule has 2 aliphatic rings. The third-order valence-corrected chi connectivity index (χ3v) is 5.05. The molecular formula is C14H19BN2O2S. The maximum atomic E-state index is 6.07. The summed E-state index contributed by atoms with van der Waals surface area (Å²) in [7, 11) is -0.321. The number of aliphatic imine (C=N–C) groups is 1. The number of hydrogen-bond donors (Lipinski definition) is 1. The van der Waals surface area contributed by atoms with Gasteiger partial charge in [-0.2, -0.15) is 0 Å². The normalized spacial score (nSPS) is 23.1. The molecule has 1 aromatic carbocycles. The van der Waals surface area contributed by atoms with Gasteiger partial charge >= 0.3 is 7.12 Å². The first-order valence-electron chi connectivity index (χ1n) is 6.76. The second-order valence-corrected chi connectivity index (χ2v) is 7.06. The minimum atomic E-state index is -0.321. The van der Waals surface area contributed by atoms with E-state index in [-0.39, 0.29) is 18.3 Å². The van der Waals surface area contributed by atoms with Crippen LogP contribution in [0.15, 0.2) is 28.1 Å². The van der Waals surface area contributed by atoms with E-state index in [1.165, 1.54) is 0 Å². The van der Waals surface area contributed by atoms with Crippen molar-refractivity contribution in [1.82, 2.24) is 4.72 Å². The third kappa shape index (κ3) is 2.26. The lowest BCUT2D eigenvalue weighted by Gasteiger charge is -2.32. The molecule has 6 heteroatoms. The average molecular weight is 290 g/mol. The molecule has 20 heavy (non-hydrogen) atoms. The predicted octanol–water partition coefficient (Wildman–Crippen LogP) is 2.65. The highest BCUT2D eigenvalue weighted by atomic mass is 32.2. The molecule has 0 aliphatic carbocycles. The topological polar surface area (TPSA) is 42.9 Å². The molecule has 3 rings (SSSR count). The van der Waals surface area contributed by atoms with Crippen LogP contribution in [0.1, 0.15) is 34.6 Å². The van der Waals surface area contributed by atoms with Crippen LogP contribution in [0.4, 0.5) is 5.69 Å². The van der Waals surface area contributed by atoms with Crippen LogP contribution in [-0.4, -0.2) is 24.2 Å². The Bertz CT molecular complexity index is 571.